The van der Waals surface area contributed by atoms with Crippen LogP contribution < -0.4 is 4.74 Å². The van der Waals surface area contributed by atoms with Crippen LogP contribution >= 0.6 is 0 Å². The number of rotatable bonds is 5. The SMILES string of the molecule is COc1c2c(cc(C(=O)O)c1C(=O)O)CN(Cc1ccccc1)C2. The Hall–Kier alpha value is -2.86. The summed E-state index contributed by atoms with van der Waals surface area (Å²) in [5.74, 6) is -2.42. The topological polar surface area (TPSA) is 87.1 Å². The molecule has 124 valence electrons. The molecule has 6 nitrogen and oxygen atoms in total. The van der Waals surface area contributed by atoms with Crippen molar-refractivity contribution in [3.63, 3.8) is 0 Å². The number of hydrogen-bond acceptors (Lipinski definition) is 4. The molecule has 0 spiro atoms. The fraction of sp³-hybridized carbons (Fsp3) is 0.222. The van der Waals surface area contributed by atoms with Crippen molar-refractivity contribution in [2.24, 2.45) is 0 Å². The van der Waals surface area contributed by atoms with Crippen molar-refractivity contribution in [1.82, 2.24) is 4.90 Å². The van der Waals surface area contributed by atoms with E-state index in [0.29, 0.717) is 19.6 Å². The molecule has 0 aliphatic carbocycles. The minimum Gasteiger partial charge on any atom is -0.495 e. The van der Waals surface area contributed by atoms with Gasteiger partial charge in [-0.15, -0.1) is 0 Å². The first kappa shape index (κ1) is 16.0. The molecule has 0 aromatic heterocycles. The Kier molecular flexibility index (Phi) is 4.22. The monoisotopic (exact) mass is 327 g/mol. The maximum atomic E-state index is 11.5. The lowest BCUT2D eigenvalue weighted by Crippen LogP contribution is -2.15. The number of hydrogen-bond donors (Lipinski definition) is 2. The van der Waals surface area contributed by atoms with Crippen molar-refractivity contribution >= 4 is 11.9 Å². The quantitative estimate of drug-likeness (QED) is 0.878. The molecule has 1 aliphatic heterocycles. The number of carboxylic acids is 2. The molecule has 0 bridgehead atoms. The van der Waals surface area contributed by atoms with Crippen LogP contribution in [-0.4, -0.2) is 34.2 Å². The molecule has 1 heterocycles. The second-order valence-corrected chi connectivity index (χ2v) is 5.71. The van der Waals surface area contributed by atoms with Gasteiger partial charge >= 0.3 is 11.9 Å². The van der Waals surface area contributed by atoms with E-state index in [1.54, 1.807) is 0 Å². The highest BCUT2D eigenvalue weighted by molar-refractivity contribution is 6.04. The van der Waals surface area contributed by atoms with E-state index in [9.17, 15) is 19.8 Å². The van der Waals surface area contributed by atoms with Crippen molar-refractivity contribution in [2.75, 3.05) is 7.11 Å². The zero-order valence-electron chi connectivity index (χ0n) is 13.2. The summed E-state index contributed by atoms with van der Waals surface area (Å²) < 4.78 is 5.27. The molecule has 3 rings (SSSR count). The third kappa shape index (κ3) is 2.83. The van der Waals surface area contributed by atoms with Crippen molar-refractivity contribution < 1.29 is 24.5 Å². The highest BCUT2D eigenvalue weighted by Gasteiger charge is 2.31. The predicted octanol–water partition coefficient (Wildman–Crippen LogP) is 2.61. The first-order valence-electron chi connectivity index (χ1n) is 7.47. The van der Waals surface area contributed by atoms with E-state index in [1.807, 2.05) is 30.3 Å². The second-order valence-electron chi connectivity index (χ2n) is 5.71. The molecule has 0 amide bonds. The molecule has 6 heteroatoms. The van der Waals surface area contributed by atoms with Crippen LogP contribution in [-0.2, 0) is 19.6 Å². The van der Waals surface area contributed by atoms with E-state index in [0.717, 1.165) is 16.7 Å². The lowest BCUT2D eigenvalue weighted by Gasteiger charge is -2.15. The minimum absolute atomic E-state index is 0.146. The van der Waals surface area contributed by atoms with Gasteiger partial charge in [-0.05, 0) is 17.2 Å². The van der Waals surface area contributed by atoms with E-state index < -0.39 is 11.9 Å². The Morgan fingerprint density at radius 1 is 1.12 bits per heavy atom. The van der Waals surface area contributed by atoms with E-state index in [2.05, 4.69) is 4.90 Å². The van der Waals surface area contributed by atoms with E-state index in [4.69, 9.17) is 4.74 Å². The van der Waals surface area contributed by atoms with Crippen molar-refractivity contribution in [1.29, 1.82) is 0 Å². The third-order valence-electron chi connectivity index (χ3n) is 4.15. The lowest BCUT2D eigenvalue weighted by molar-refractivity contribution is 0.0648. The van der Waals surface area contributed by atoms with Crippen LogP contribution in [0.25, 0.3) is 0 Å². The van der Waals surface area contributed by atoms with Crippen LogP contribution in [0.2, 0.25) is 0 Å². The minimum atomic E-state index is -1.30. The Labute approximate surface area is 138 Å². The molecule has 0 saturated heterocycles. The van der Waals surface area contributed by atoms with E-state index in [-0.39, 0.29) is 16.9 Å². The Balaban J connectivity index is 1.99. The number of carbonyl (C=O) groups is 2. The normalized spacial score (nSPS) is 13.5. The number of methoxy groups -OCH3 is 1. The average Bonchev–Trinajstić information content (AvgIpc) is 2.95. The summed E-state index contributed by atoms with van der Waals surface area (Å²) in [5, 5.41) is 18.7. The molecule has 0 saturated carbocycles. The van der Waals surface area contributed by atoms with Crippen LogP contribution in [0, 0.1) is 0 Å². The van der Waals surface area contributed by atoms with Gasteiger partial charge < -0.3 is 14.9 Å². The summed E-state index contributed by atoms with van der Waals surface area (Å²) in [6.07, 6.45) is 0. The molecule has 0 unspecified atom stereocenters. The fourth-order valence-corrected chi connectivity index (χ4v) is 3.15. The second kappa shape index (κ2) is 6.33. The summed E-state index contributed by atoms with van der Waals surface area (Å²) in [4.78, 5) is 25.1. The van der Waals surface area contributed by atoms with Gasteiger partial charge in [-0.2, -0.15) is 0 Å². The van der Waals surface area contributed by atoms with Crippen LogP contribution in [0.15, 0.2) is 36.4 Å². The largest absolute Gasteiger partial charge is 0.495 e. The van der Waals surface area contributed by atoms with Crippen LogP contribution in [0.5, 0.6) is 5.75 Å². The van der Waals surface area contributed by atoms with Gasteiger partial charge in [-0.1, -0.05) is 30.3 Å². The molecule has 24 heavy (non-hydrogen) atoms. The molecule has 2 aromatic rings. The standard InChI is InChI=1S/C18H17NO5/c1-24-16-14-10-19(8-11-5-3-2-4-6-11)9-12(14)7-13(17(20)21)15(16)18(22)23/h2-7H,8-10H2,1H3,(H,20,21)(H,22,23). The third-order valence-corrected chi connectivity index (χ3v) is 4.15. The molecule has 0 fully saturated rings. The molecular weight excluding hydrogens is 310 g/mol. The highest BCUT2D eigenvalue weighted by atomic mass is 16.5. The van der Waals surface area contributed by atoms with Gasteiger partial charge in [-0.25, -0.2) is 9.59 Å². The van der Waals surface area contributed by atoms with Gasteiger partial charge in [0.25, 0.3) is 0 Å². The van der Waals surface area contributed by atoms with Gasteiger partial charge in [0.05, 0.1) is 12.7 Å². The molecule has 2 N–H and O–H groups in total. The van der Waals surface area contributed by atoms with Gasteiger partial charge in [0, 0.05) is 25.2 Å². The molecule has 0 atom stereocenters. The van der Waals surface area contributed by atoms with Crippen LogP contribution in [0.3, 0.4) is 0 Å². The summed E-state index contributed by atoms with van der Waals surface area (Å²) in [7, 11) is 1.37. The van der Waals surface area contributed by atoms with E-state index in [1.165, 1.54) is 13.2 Å². The van der Waals surface area contributed by atoms with Gasteiger partial charge in [0.2, 0.25) is 0 Å². The Morgan fingerprint density at radius 3 is 2.42 bits per heavy atom. The smallest absolute Gasteiger partial charge is 0.340 e. The van der Waals surface area contributed by atoms with Crippen molar-refractivity contribution in [2.45, 2.75) is 19.6 Å². The summed E-state index contributed by atoms with van der Waals surface area (Å²) in [5.41, 5.74) is 2.16. The Morgan fingerprint density at radius 2 is 1.83 bits per heavy atom. The maximum absolute atomic E-state index is 11.5. The Bertz CT molecular complexity index is 801. The predicted molar refractivity (Wildman–Crippen MR) is 86.3 cm³/mol. The van der Waals surface area contributed by atoms with Crippen molar-refractivity contribution in [3.05, 3.63) is 64.2 Å². The number of fused-ring (bicyclic) bond motifs is 1. The fourth-order valence-electron chi connectivity index (χ4n) is 3.15. The number of carboxylic acid groups (broad SMARTS) is 2. The van der Waals surface area contributed by atoms with Gasteiger partial charge in [0.15, 0.2) is 0 Å². The first-order valence-corrected chi connectivity index (χ1v) is 7.47. The van der Waals surface area contributed by atoms with Crippen LogP contribution in [0.4, 0.5) is 0 Å². The van der Waals surface area contributed by atoms with Crippen molar-refractivity contribution in [3.8, 4) is 5.75 Å². The molecule has 0 radical (unpaired) electrons. The summed E-state index contributed by atoms with van der Waals surface area (Å²) >= 11 is 0. The summed E-state index contributed by atoms with van der Waals surface area (Å²) in [6.45, 7) is 1.78. The van der Waals surface area contributed by atoms with Gasteiger partial charge in [-0.3, -0.25) is 4.90 Å². The zero-order valence-corrected chi connectivity index (χ0v) is 13.2. The number of nitrogens with zero attached hydrogens (tertiary/aromatic N) is 1. The number of benzene rings is 2. The zero-order chi connectivity index (χ0) is 17.3. The van der Waals surface area contributed by atoms with E-state index >= 15 is 0 Å². The number of ether oxygens (including phenoxy) is 1. The highest BCUT2D eigenvalue weighted by Crippen LogP contribution is 2.37. The number of aromatic carboxylic acids is 2. The van der Waals surface area contributed by atoms with Crippen LogP contribution in [0.1, 0.15) is 37.4 Å². The maximum Gasteiger partial charge on any atom is 0.340 e. The van der Waals surface area contributed by atoms with Gasteiger partial charge in [0.1, 0.15) is 11.3 Å². The molecular formula is C18H17NO5. The first-order chi connectivity index (χ1) is 11.5. The average molecular weight is 327 g/mol. The lowest BCUT2D eigenvalue weighted by atomic mass is 9.98. The molecule has 1 aliphatic rings. The molecule has 2 aromatic carbocycles. The summed E-state index contributed by atoms with van der Waals surface area (Å²) in [6, 6.07) is 11.4.